The Morgan fingerprint density at radius 2 is 2.00 bits per heavy atom. The number of hydrogen-bond donors (Lipinski definition) is 0. The zero-order chi connectivity index (χ0) is 16.7. The Morgan fingerprint density at radius 3 is 2.71 bits per heavy atom. The molecule has 0 saturated carbocycles. The number of anilines is 1. The molecule has 3 aromatic rings. The summed E-state index contributed by atoms with van der Waals surface area (Å²) < 4.78 is 6.06. The van der Waals surface area contributed by atoms with E-state index in [0.717, 1.165) is 52.9 Å². The van der Waals surface area contributed by atoms with Crippen molar-refractivity contribution in [3.63, 3.8) is 0 Å². The van der Waals surface area contributed by atoms with E-state index in [-0.39, 0.29) is 0 Å². The van der Waals surface area contributed by atoms with Crippen LogP contribution in [0.1, 0.15) is 30.5 Å². The number of fused-ring (bicyclic) bond motifs is 1. The molecular weight excluding hydrogens is 392 g/mol. The minimum absolute atomic E-state index is 0.360. The quantitative estimate of drug-likeness (QED) is 0.615. The van der Waals surface area contributed by atoms with Gasteiger partial charge in [-0.25, -0.2) is 4.98 Å². The van der Waals surface area contributed by atoms with Crippen molar-refractivity contribution in [2.75, 3.05) is 18.0 Å². The van der Waals surface area contributed by atoms with Crippen molar-refractivity contribution in [2.45, 2.75) is 25.7 Å². The Bertz CT molecular complexity index is 889. The SMILES string of the molecule is Cc1nc(C2CCN(c3ccc4cc(Br)cc(Cl)c4n3)CC2)no1. The Labute approximate surface area is 153 Å². The molecule has 124 valence electrons. The molecule has 0 amide bonds. The molecule has 1 aromatic carbocycles. The van der Waals surface area contributed by atoms with Gasteiger partial charge in [0.05, 0.1) is 10.5 Å². The van der Waals surface area contributed by atoms with Crippen molar-refractivity contribution >= 4 is 44.3 Å². The molecule has 0 bridgehead atoms. The third-order valence-electron chi connectivity index (χ3n) is 4.42. The summed E-state index contributed by atoms with van der Waals surface area (Å²) in [5.41, 5.74) is 0.841. The van der Waals surface area contributed by atoms with E-state index < -0.39 is 0 Å². The molecule has 5 nitrogen and oxygen atoms in total. The molecule has 0 unspecified atom stereocenters. The normalized spacial score (nSPS) is 16.0. The molecule has 24 heavy (non-hydrogen) atoms. The highest BCUT2D eigenvalue weighted by Gasteiger charge is 2.25. The fourth-order valence-corrected chi connectivity index (χ4v) is 4.05. The summed E-state index contributed by atoms with van der Waals surface area (Å²) in [5, 5.41) is 5.76. The van der Waals surface area contributed by atoms with E-state index in [4.69, 9.17) is 21.1 Å². The molecule has 0 spiro atoms. The van der Waals surface area contributed by atoms with Gasteiger partial charge in [0.25, 0.3) is 0 Å². The largest absolute Gasteiger partial charge is 0.357 e. The van der Waals surface area contributed by atoms with Crippen molar-refractivity contribution < 1.29 is 4.52 Å². The molecule has 1 aliphatic rings. The predicted molar refractivity (Wildman–Crippen MR) is 97.7 cm³/mol. The van der Waals surface area contributed by atoms with Crippen LogP contribution in [0.4, 0.5) is 5.82 Å². The number of nitrogens with zero attached hydrogens (tertiary/aromatic N) is 4. The first-order valence-electron chi connectivity index (χ1n) is 7.91. The maximum Gasteiger partial charge on any atom is 0.223 e. The first kappa shape index (κ1) is 15.8. The van der Waals surface area contributed by atoms with Crippen LogP contribution in [0.3, 0.4) is 0 Å². The Kier molecular flexibility index (Phi) is 4.18. The smallest absolute Gasteiger partial charge is 0.223 e. The van der Waals surface area contributed by atoms with Gasteiger partial charge >= 0.3 is 0 Å². The van der Waals surface area contributed by atoms with Crippen LogP contribution in [-0.4, -0.2) is 28.2 Å². The van der Waals surface area contributed by atoms with E-state index in [2.05, 4.69) is 43.1 Å². The van der Waals surface area contributed by atoms with Crippen molar-refractivity contribution in [1.29, 1.82) is 0 Å². The van der Waals surface area contributed by atoms with E-state index >= 15 is 0 Å². The third-order valence-corrected chi connectivity index (χ3v) is 5.17. The van der Waals surface area contributed by atoms with Crippen LogP contribution in [0.5, 0.6) is 0 Å². The minimum Gasteiger partial charge on any atom is -0.357 e. The molecule has 7 heteroatoms. The summed E-state index contributed by atoms with van der Waals surface area (Å²) in [6.45, 7) is 3.67. The number of hydrogen-bond acceptors (Lipinski definition) is 5. The van der Waals surface area contributed by atoms with Gasteiger partial charge in [-0.05, 0) is 37.1 Å². The highest BCUT2D eigenvalue weighted by molar-refractivity contribution is 9.10. The molecule has 1 saturated heterocycles. The number of halogens is 2. The second-order valence-electron chi connectivity index (χ2n) is 6.06. The van der Waals surface area contributed by atoms with Gasteiger partial charge in [0.1, 0.15) is 5.82 Å². The summed E-state index contributed by atoms with van der Waals surface area (Å²) >= 11 is 9.81. The number of aryl methyl sites for hydroxylation is 1. The summed E-state index contributed by atoms with van der Waals surface area (Å²) in [6.07, 6.45) is 1.99. The lowest BCUT2D eigenvalue weighted by atomic mass is 9.96. The first-order valence-corrected chi connectivity index (χ1v) is 9.08. The van der Waals surface area contributed by atoms with Crippen LogP contribution < -0.4 is 4.90 Å². The molecule has 2 aromatic heterocycles. The highest BCUT2D eigenvalue weighted by Crippen LogP contribution is 2.31. The van der Waals surface area contributed by atoms with Crippen LogP contribution in [0.25, 0.3) is 10.9 Å². The van der Waals surface area contributed by atoms with Gasteiger partial charge in [0, 0.05) is 35.8 Å². The maximum atomic E-state index is 6.34. The van der Waals surface area contributed by atoms with Crippen molar-refractivity contribution in [2.24, 2.45) is 0 Å². The van der Waals surface area contributed by atoms with E-state index in [0.29, 0.717) is 16.8 Å². The highest BCUT2D eigenvalue weighted by atomic mass is 79.9. The fourth-order valence-electron chi connectivity index (χ4n) is 3.17. The summed E-state index contributed by atoms with van der Waals surface area (Å²) in [7, 11) is 0. The lowest BCUT2D eigenvalue weighted by molar-refractivity contribution is 0.375. The van der Waals surface area contributed by atoms with Gasteiger partial charge in [-0.1, -0.05) is 32.7 Å². The van der Waals surface area contributed by atoms with E-state index in [1.807, 2.05) is 19.1 Å². The monoisotopic (exact) mass is 406 g/mol. The van der Waals surface area contributed by atoms with Crippen LogP contribution in [-0.2, 0) is 0 Å². The van der Waals surface area contributed by atoms with Gasteiger partial charge in [-0.3, -0.25) is 0 Å². The fraction of sp³-hybridized carbons (Fsp3) is 0.353. The lowest BCUT2D eigenvalue weighted by Gasteiger charge is -2.31. The second-order valence-corrected chi connectivity index (χ2v) is 7.38. The van der Waals surface area contributed by atoms with Crippen LogP contribution in [0.2, 0.25) is 5.02 Å². The molecular formula is C17H16BrClN4O. The first-order chi connectivity index (χ1) is 11.6. The van der Waals surface area contributed by atoms with E-state index in [1.54, 1.807) is 0 Å². The Morgan fingerprint density at radius 1 is 1.21 bits per heavy atom. The molecule has 4 rings (SSSR count). The molecule has 0 radical (unpaired) electrons. The zero-order valence-corrected chi connectivity index (χ0v) is 15.5. The Balaban J connectivity index is 1.54. The molecule has 1 aliphatic heterocycles. The molecule has 3 heterocycles. The van der Waals surface area contributed by atoms with E-state index in [1.165, 1.54) is 0 Å². The third kappa shape index (κ3) is 3.00. The topological polar surface area (TPSA) is 55.1 Å². The number of pyridine rings is 1. The average Bonchev–Trinajstić information content (AvgIpc) is 3.01. The molecule has 0 atom stereocenters. The van der Waals surface area contributed by atoms with Gasteiger partial charge in [0.15, 0.2) is 5.82 Å². The van der Waals surface area contributed by atoms with Gasteiger partial charge < -0.3 is 9.42 Å². The average molecular weight is 408 g/mol. The number of aromatic nitrogens is 3. The zero-order valence-electron chi connectivity index (χ0n) is 13.2. The van der Waals surface area contributed by atoms with Crippen LogP contribution in [0.15, 0.2) is 33.3 Å². The molecule has 0 aliphatic carbocycles. The minimum atomic E-state index is 0.360. The maximum absolute atomic E-state index is 6.34. The predicted octanol–water partition coefficient (Wildman–Crippen LogP) is 4.73. The number of rotatable bonds is 2. The van der Waals surface area contributed by atoms with Crippen molar-refractivity contribution in [3.05, 3.63) is 45.5 Å². The second kappa shape index (κ2) is 6.33. The molecule has 0 N–H and O–H groups in total. The summed E-state index contributed by atoms with van der Waals surface area (Å²) in [6, 6.07) is 8.04. The molecule has 1 fully saturated rings. The van der Waals surface area contributed by atoms with E-state index in [9.17, 15) is 0 Å². The van der Waals surface area contributed by atoms with Gasteiger partial charge in [-0.15, -0.1) is 0 Å². The van der Waals surface area contributed by atoms with Crippen molar-refractivity contribution in [3.8, 4) is 0 Å². The van der Waals surface area contributed by atoms with Gasteiger partial charge in [0.2, 0.25) is 5.89 Å². The lowest BCUT2D eigenvalue weighted by Crippen LogP contribution is -2.33. The van der Waals surface area contributed by atoms with Crippen LogP contribution >= 0.6 is 27.5 Å². The number of piperidine rings is 1. The summed E-state index contributed by atoms with van der Waals surface area (Å²) in [4.78, 5) is 11.4. The summed E-state index contributed by atoms with van der Waals surface area (Å²) in [5.74, 6) is 2.78. The van der Waals surface area contributed by atoms with Crippen LogP contribution in [0, 0.1) is 6.92 Å². The van der Waals surface area contributed by atoms with Gasteiger partial charge in [-0.2, -0.15) is 4.98 Å². The van der Waals surface area contributed by atoms with Crippen molar-refractivity contribution in [1.82, 2.24) is 15.1 Å². The standard InChI is InChI=1S/C17H16BrClN4O/c1-10-20-17(22-24-10)11-4-6-23(7-5-11)15-3-2-12-8-13(18)9-14(19)16(12)21-15/h2-3,8-9,11H,4-7H2,1H3. The number of benzene rings is 1. The Hall–Kier alpha value is -1.66.